The molecule has 0 spiro atoms. The van der Waals surface area contributed by atoms with E-state index < -0.39 is 11.7 Å². The molecule has 0 heterocycles. The Labute approximate surface area is 120 Å². The summed E-state index contributed by atoms with van der Waals surface area (Å²) < 4.78 is 5.08. The van der Waals surface area contributed by atoms with Crippen LogP contribution in [0.3, 0.4) is 0 Å². The maximum Gasteiger partial charge on any atom is 0.342 e. The zero-order valence-corrected chi connectivity index (χ0v) is 12.1. The van der Waals surface area contributed by atoms with E-state index in [1.165, 1.54) is 43.9 Å². The first-order chi connectivity index (χ1) is 9.66. The maximum atomic E-state index is 11.7. The van der Waals surface area contributed by atoms with Crippen molar-refractivity contribution >= 4 is 5.97 Å². The van der Waals surface area contributed by atoms with Gasteiger partial charge in [0, 0.05) is 0 Å². The van der Waals surface area contributed by atoms with E-state index in [4.69, 9.17) is 4.74 Å². The SMILES string of the molecule is CCCCCCCCCOC(=O)c1cccc(O)c1O. The topological polar surface area (TPSA) is 66.8 Å². The lowest BCUT2D eigenvalue weighted by Crippen LogP contribution is -2.06. The second-order valence-electron chi connectivity index (χ2n) is 4.93. The van der Waals surface area contributed by atoms with E-state index >= 15 is 0 Å². The van der Waals surface area contributed by atoms with E-state index in [0.29, 0.717) is 6.61 Å². The van der Waals surface area contributed by atoms with E-state index in [9.17, 15) is 15.0 Å². The van der Waals surface area contributed by atoms with Crippen LogP contribution in [0.5, 0.6) is 11.5 Å². The molecule has 20 heavy (non-hydrogen) atoms. The molecular weight excluding hydrogens is 256 g/mol. The van der Waals surface area contributed by atoms with Crippen LogP contribution in [0.15, 0.2) is 18.2 Å². The van der Waals surface area contributed by atoms with E-state index in [0.717, 1.165) is 19.3 Å². The zero-order chi connectivity index (χ0) is 14.8. The van der Waals surface area contributed by atoms with Gasteiger partial charge in [-0.15, -0.1) is 0 Å². The molecule has 1 rings (SSSR count). The fourth-order valence-corrected chi connectivity index (χ4v) is 2.00. The van der Waals surface area contributed by atoms with Gasteiger partial charge >= 0.3 is 5.97 Å². The fraction of sp³-hybridized carbons (Fsp3) is 0.562. The van der Waals surface area contributed by atoms with Crippen molar-refractivity contribution in [3.63, 3.8) is 0 Å². The van der Waals surface area contributed by atoms with Gasteiger partial charge in [0.1, 0.15) is 5.56 Å². The van der Waals surface area contributed by atoms with Crippen LogP contribution in [0.1, 0.15) is 62.2 Å². The van der Waals surface area contributed by atoms with Gasteiger partial charge in [0.05, 0.1) is 6.61 Å². The third-order valence-electron chi connectivity index (χ3n) is 3.22. The molecule has 0 aliphatic rings. The number of carbonyl (C=O) groups excluding carboxylic acids is 1. The third-order valence-corrected chi connectivity index (χ3v) is 3.22. The number of ether oxygens (including phenoxy) is 1. The molecule has 0 aliphatic carbocycles. The molecular formula is C16H24O4. The fourth-order valence-electron chi connectivity index (χ4n) is 2.00. The highest BCUT2D eigenvalue weighted by Crippen LogP contribution is 2.28. The van der Waals surface area contributed by atoms with Crippen molar-refractivity contribution in [2.45, 2.75) is 51.9 Å². The largest absolute Gasteiger partial charge is 0.504 e. The van der Waals surface area contributed by atoms with Crippen LogP contribution in [0.25, 0.3) is 0 Å². The number of benzene rings is 1. The number of unbranched alkanes of at least 4 members (excludes halogenated alkanes) is 6. The molecule has 0 unspecified atom stereocenters. The summed E-state index contributed by atoms with van der Waals surface area (Å²) in [7, 11) is 0. The summed E-state index contributed by atoms with van der Waals surface area (Å²) >= 11 is 0. The lowest BCUT2D eigenvalue weighted by molar-refractivity contribution is 0.0493. The molecule has 0 aliphatic heterocycles. The second kappa shape index (κ2) is 9.23. The quantitative estimate of drug-likeness (QED) is 0.407. The number of esters is 1. The molecule has 4 nitrogen and oxygen atoms in total. The zero-order valence-electron chi connectivity index (χ0n) is 12.1. The summed E-state index contributed by atoms with van der Waals surface area (Å²) in [5, 5.41) is 18.8. The predicted octanol–water partition coefficient (Wildman–Crippen LogP) is 4.01. The molecule has 2 N–H and O–H groups in total. The summed E-state index contributed by atoms with van der Waals surface area (Å²) in [6.45, 7) is 2.54. The van der Waals surface area contributed by atoms with Gasteiger partial charge in [-0.25, -0.2) is 4.79 Å². The van der Waals surface area contributed by atoms with Crippen molar-refractivity contribution in [2.24, 2.45) is 0 Å². The van der Waals surface area contributed by atoms with Crippen molar-refractivity contribution in [1.29, 1.82) is 0 Å². The molecule has 0 radical (unpaired) electrons. The molecule has 0 saturated carbocycles. The van der Waals surface area contributed by atoms with Gasteiger partial charge in [-0.05, 0) is 18.6 Å². The van der Waals surface area contributed by atoms with Crippen molar-refractivity contribution in [2.75, 3.05) is 6.61 Å². The van der Waals surface area contributed by atoms with E-state index in [1.807, 2.05) is 0 Å². The summed E-state index contributed by atoms with van der Waals surface area (Å²) in [5.74, 6) is -1.32. The van der Waals surface area contributed by atoms with Gasteiger partial charge in [0.15, 0.2) is 11.5 Å². The summed E-state index contributed by atoms with van der Waals surface area (Å²) in [4.78, 5) is 11.7. The van der Waals surface area contributed by atoms with Crippen LogP contribution < -0.4 is 0 Å². The highest BCUT2D eigenvalue weighted by atomic mass is 16.5. The number of rotatable bonds is 9. The number of aromatic hydroxyl groups is 2. The van der Waals surface area contributed by atoms with Crippen molar-refractivity contribution < 1.29 is 19.7 Å². The van der Waals surface area contributed by atoms with Crippen LogP contribution in [0.4, 0.5) is 0 Å². The minimum Gasteiger partial charge on any atom is -0.504 e. The first kappa shape index (κ1) is 16.3. The molecule has 0 fully saturated rings. The number of phenols is 2. The first-order valence-corrected chi connectivity index (χ1v) is 7.35. The number of para-hydroxylation sites is 1. The molecule has 1 aromatic rings. The average Bonchev–Trinajstić information content (AvgIpc) is 2.44. The lowest BCUT2D eigenvalue weighted by atomic mass is 10.1. The Balaban J connectivity index is 2.19. The van der Waals surface area contributed by atoms with E-state index in [1.54, 1.807) is 0 Å². The minimum absolute atomic E-state index is 0.00736. The molecule has 4 heteroatoms. The number of hydrogen-bond donors (Lipinski definition) is 2. The number of carbonyl (C=O) groups is 1. The Morgan fingerprint density at radius 2 is 1.70 bits per heavy atom. The molecule has 112 valence electrons. The van der Waals surface area contributed by atoms with Crippen LogP contribution in [-0.2, 0) is 4.74 Å². The van der Waals surface area contributed by atoms with Crippen LogP contribution >= 0.6 is 0 Å². The van der Waals surface area contributed by atoms with Crippen molar-refractivity contribution in [3.05, 3.63) is 23.8 Å². The Kier molecular flexibility index (Phi) is 7.55. The van der Waals surface area contributed by atoms with E-state index in [-0.39, 0.29) is 11.3 Å². The van der Waals surface area contributed by atoms with E-state index in [2.05, 4.69) is 6.92 Å². The molecule has 0 saturated heterocycles. The monoisotopic (exact) mass is 280 g/mol. The molecule has 0 atom stereocenters. The normalized spacial score (nSPS) is 10.4. The Morgan fingerprint density at radius 3 is 2.40 bits per heavy atom. The summed E-state index contributed by atoms with van der Waals surface area (Å²) in [6, 6.07) is 4.25. The predicted molar refractivity (Wildman–Crippen MR) is 78.0 cm³/mol. The van der Waals surface area contributed by atoms with Gasteiger partial charge in [-0.1, -0.05) is 51.5 Å². The third kappa shape index (κ3) is 5.51. The van der Waals surface area contributed by atoms with Gasteiger partial charge in [-0.2, -0.15) is 0 Å². The molecule has 0 aromatic heterocycles. The first-order valence-electron chi connectivity index (χ1n) is 7.35. The van der Waals surface area contributed by atoms with Crippen LogP contribution in [0.2, 0.25) is 0 Å². The Morgan fingerprint density at radius 1 is 1.05 bits per heavy atom. The van der Waals surface area contributed by atoms with Crippen molar-refractivity contribution in [3.8, 4) is 11.5 Å². The molecule has 1 aromatic carbocycles. The standard InChI is InChI=1S/C16H24O4/c1-2-3-4-5-6-7-8-12-20-16(19)13-10-9-11-14(17)15(13)18/h9-11,17-18H,2-8,12H2,1H3. The highest BCUT2D eigenvalue weighted by molar-refractivity contribution is 5.93. The number of phenolic OH excluding ortho intramolecular Hbond substituents is 2. The summed E-state index contributed by atoms with van der Waals surface area (Å²) in [5.41, 5.74) is 0.00736. The maximum absolute atomic E-state index is 11.7. The second-order valence-corrected chi connectivity index (χ2v) is 4.93. The van der Waals surface area contributed by atoms with Crippen molar-refractivity contribution in [1.82, 2.24) is 0 Å². The molecule has 0 amide bonds. The van der Waals surface area contributed by atoms with Gasteiger partial charge < -0.3 is 14.9 Å². The Hall–Kier alpha value is -1.71. The molecule has 0 bridgehead atoms. The average molecular weight is 280 g/mol. The van der Waals surface area contributed by atoms with Gasteiger partial charge in [-0.3, -0.25) is 0 Å². The lowest BCUT2D eigenvalue weighted by Gasteiger charge is -2.07. The number of hydrogen-bond acceptors (Lipinski definition) is 4. The highest BCUT2D eigenvalue weighted by Gasteiger charge is 2.14. The van der Waals surface area contributed by atoms with Crippen LogP contribution in [-0.4, -0.2) is 22.8 Å². The minimum atomic E-state index is -0.593. The smallest absolute Gasteiger partial charge is 0.342 e. The van der Waals surface area contributed by atoms with Gasteiger partial charge in [0.25, 0.3) is 0 Å². The summed E-state index contributed by atoms with van der Waals surface area (Å²) in [6.07, 6.45) is 8.06. The Bertz CT molecular complexity index is 415. The van der Waals surface area contributed by atoms with Gasteiger partial charge in [0.2, 0.25) is 0 Å². The van der Waals surface area contributed by atoms with Crippen LogP contribution in [0, 0.1) is 0 Å².